The quantitative estimate of drug-likeness (QED) is 0.754. The van der Waals surface area contributed by atoms with Crippen molar-refractivity contribution in [2.75, 3.05) is 20.8 Å². The molecule has 0 atom stereocenters. The number of ether oxygens (including phenoxy) is 3. The maximum atomic E-state index is 12.2. The Hall–Kier alpha value is -1.69. The first-order valence-electron chi connectivity index (χ1n) is 6.98. The van der Waals surface area contributed by atoms with E-state index in [0.717, 1.165) is 5.56 Å². The van der Waals surface area contributed by atoms with Crippen LogP contribution in [-0.2, 0) is 11.3 Å². The predicted octanol–water partition coefficient (Wildman–Crippen LogP) is 3.50. The van der Waals surface area contributed by atoms with Crippen LogP contribution in [-0.4, -0.2) is 39.7 Å². The monoisotopic (exact) mass is 311 g/mol. The number of hydrogen-bond donors (Lipinski definition) is 0. The van der Waals surface area contributed by atoms with Crippen LogP contribution in [0.15, 0.2) is 18.2 Å². The molecule has 0 aromatic heterocycles. The molecule has 0 fully saturated rings. The lowest BCUT2D eigenvalue weighted by molar-refractivity contribution is 0.127. The number of hydrogen-bond acceptors (Lipinski definition) is 4. The Labute approximate surface area is 127 Å². The Balaban J connectivity index is 3.01. The van der Waals surface area contributed by atoms with Crippen LogP contribution in [0.3, 0.4) is 0 Å². The van der Waals surface area contributed by atoms with E-state index in [1.807, 2.05) is 29.7 Å². The van der Waals surface area contributed by atoms with Crippen molar-refractivity contribution >= 4 is 14.3 Å². The lowest BCUT2D eigenvalue weighted by atomic mass is 10.2. The van der Waals surface area contributed by atoms with Gasteiger partial charge in [0.25, 0.3) is 0 Å². The zero-order valence-electron chi connectivity index (χ0n) is 13.7. The molecule has 1 amide bonds. The molecule has 0 saturated carbocycles. The second kappa shape index (κ2) is 7.35. The van der Waals surface area contributed by atoms with Crippen LogP contribution in [0.4, 0.5) is 4.79 Å². The van der Waals surface area contributed by atoms with Crippen molar-refractivity contribution in [3.8, 4) is 11.5 Å². The van der Waals surface area contributed by atoms with Crippen molar-refractivity contribution < 1.29 is 19.0 Å². The van der Waals surface area contributed by atoms with E-state index >= 15 is 0 Å². The highest BCUT2D eigenvalue weighted by Crippen LogP contribution is 2.28. The van der Waals surface area contributed by atoms with Gasteiger partial charge in [-0.25, -0.2) is 4.79 Å². The van der Waals surface area contributed by atoms with Gasteiger partial charge in [0.1, 0.15) is 0 Å². The van der Waals surface area contributed by atoms with Gasteiger partial charge in [0.05, 0.1) is 20.8 Å². The smallest absolute Gasteiger partial charge is 0.401 e. The first kappa shape index (κ1) is 17.4. The van der Waals surface area contributed by atoms with Crippen molar-refractivity contribution in [3.05, 3.63) is 23.8 Å². The summed E-state index contributed by atoms with van der Waals surface area (Å²) in [5.41, 5.74) is 0.989. The number of carbonyl (C=O) groups is 1. The van der Waals surface area contributed by atoms with Crippen molar-refractivity contribution in [2.24, 2.45) is 0 Å². The Bertz CT molecular complexity index is 485. The van der Waals surface area contributed by atoms with Gasteiger partial charge in [0, 0.05) is 6.54 Å². The van der Waals surface area contributed by atoms with Crippen LogP contribution in [0.5, 0.6) is 11.5 Å². The summed E-state index contributed by atoms with van der Waals surface area (Å²) < 4.78 is 17.5. The summed E-state index contributed by atoms with van der Waals surface area (Å²) in [7, 11) is 1.37. The molecule has 6 heteroatoms. The minimum absolute atomic E-state index is 0.258. The Morgan fingerprint density at radius 1 is 1.14 bits per heavy atom. The van der Waals surface area contributed by atoms with Gasteiger partial charge in [-0.2, -0.15) is 0 Å². The second-order valence-electron chi connectivity index (χ2n) is 5.65. The minimum Gasteiger partial charge on any atom is -0.493 e. The summed E-state index contributed by atoms with van der Waals surface area (Å²) in [5, 5.41) is 0. The Morgan fingerprint density at radius 2 is 1.76 bits per heavy atom. The molecular weight excluding hydrogens is 286 g/mol. The van der Waals surface area contributed by atoms with E-state index < -0.39 is 8.24 Å². The summed E-state index contributed by atoms with van der Waals surface area (Å²) in [6.45, 7) is 9.05. The zero-order chi connectivity index (χ0) is 16.0. The number of methoxy groups -OCH3 is 2. The topological polar surface area (TPSA) is 48.0 Å². The molecule has 1 rings (SSSR count). The highest BCUT2D eigenvalue weighted by atomic mass is 28.3. The van der Waals surface area contributed by atoms with Crippen LogP contribution >= 0.6 is 0 Å². The Kier molecular flexibility index (Phi) is 6.08. The predicted molar refractivity (Wildman–Crippen MR) is 85.5 cm³/mol. The molecule has 0 spiro atoms. The largest absolute Gasteiger partial charge is 0.493 e. The summed E-state index contributed by atoms with van der Waals surface area (Å²) in [6.07, 6.45) is -0.258. The van der Waals surface area contributed by atoms with Crippen molar-refractivity contribution in [3.63, 3.8) is 0 Å². The van der Waals surface area contributed by atoms with Gasteiger partial charge in [-0.3, -0.25) is 0 Å². The van der Waals surface area contributed by atoms with E-state index in [1.54, 1.807) is 14.2 Å². The number of benzene rings is 1. The maximum absolute atomic E-state index is 12.2. The lowest BCUT2D eigenvalue weighted by Crippen LogP contribution is -2.49. The number of nitrogens with zero attached hydrogens (tertiary/aromatic N) is 1. The summed E-state index contributed by atoms with van der Waals surface area (Å²) in [5.74, 6) is 1.34. The molecule has 5 nitrogen and oxygen atoms in total. The van der Waals surface area contributed by atoms with Crippen molar-refractivity contribution in [2.45, 2.75) is 33.1 Å². The van der Waals surface area contributed by atoms with E-state index in [2.05, 4.69) is 19.6 Å². The molecule has 0 unspecified atom stereocenters. The zero-order valence-corrected chi connectivity index (χ0v) is 14.7. The molecule has 0 aliphatic rings. The SMILES string of the molecule is CCOC(=O)N(Cc1ccc(OC)c(OC)c1)[Si](C)(C)C. The van der Waals surface area contributed by atoms with Crippen LogP contribution in [0, 0.1) is 0 Å². The van der Waals surface area contributed by atoms with Crippen LogP contribution < -0.4 is 9.47 Å². The summed E-state index contributed by atoms with van der Waals surface area (Å²) in [6, 6.07) is 5.68. The standard InChI is InChI=1S/C15H25NO4Si/c1-7-20-15(17)16(21(4,5)6)11-12-8-9-13(18-2)14(10-12)19-3/h8-10H,7,11H2,1-6H3. The highest BCUT2D eigenvalue weighted by molar-refractivity contribution is 6.75. The highest BCUT2D eigenvalue weighted by Gasteiger charge is 2.30. The third kappa shape index (κ3) is 4.66. The van der Waals surface area contributed by atoms with Crippen LogP contribution in [0.25, 0.3) is 0 Å². The van der Waals surface area contributed by atoms with Gasteiger partial charge in [0.2, 0.25) is 0 Å². The van der Waals surface area contributed by atoms with Crippen LogP contribution in [0.2, 0.25) is 19.6 Å². The average molecular weight is 311 g/mol. The average Bonchev–Trinajstić information content (AvgIpc) is 2.43. The summed E-state index contributed by atoms with van der Waals surface area (Å²) >= 11 is 0. The first-order chi connectivity index (χ1) is 9.83. The molecule has 1 aromatic carbocycles. The van der Waals surface area contributed by atoms with E-state index in [0.29, 0.717) is 24.7 Å². The van der Waals surface area contributed by atoms with Crippen molar-refractivity contribution in [1.82, 2.24) is 4.57 Å². The fraction of sp³-hybridized carbons (Fsp3) is 0.533. The third-order valence-electron chi connectivity index (χ3n) is 3.09. The number of carbonyl (C=O) groups excluding carboxylic acids is 1. The molecule has 21 heavy (non-hydrogen) atoms. The molecule has 0 saturated heterocycles. The van der Waals surface area contributed by atoms with Gasteiger partial charge in [-0.15, -0.1) is 0 Å². The fourth-order valence-corrected chi connectivity index (χ4v) is 3.21. The number of amides is 1. The maximum Gasteiger partial charge on any atom is 0.401 e. The molecule has 0 radical (unpaired) electrons. The van der Waals surface area contributed by atoms with Gasteiger partial charge in [-0.05, 0) is 24.6 Å². The number of rotatable bonds is 6. The van der Waals surface area contributed by atoms with Crippen molar-refractivity contribution in [1.29, 1.82) is 0 Å². The molecule has 0 aliphatic carbocycles. The van der Waals surface area contributed by atoms with Gasteiger partial charge in [-0.1, -0.05) is 25.7 Å². The normalized spacial score (nSPS) is 11.0. The van der Waals surface area contributed by atoms with Crippen LogP contribution in [0.1, 0.15) is 12.5 Å². The van der Waals surface area contributed by atoms with Gasteiger partial charge in [0.15, 0.2) is 19.7 Å². The molecule has 0 aliphatic heterocycles. The molecule has 0 heterocycles. The van der Waals surface area contributed by atoms with E-state index in [4.69, 9.17) is 14.2 Å². The van der Waals surface area contributed by atoms with Gasteiger partial charge < -0.3 is 18.8 Å². The van der Waals surface area contributed by atoms with Gasteiger partial charge >= 0.3 is 6.09 Å². The summed E-state index contributed by atoms with van der Waals surface area (Å²) in [4.78, 5) is 12.2. The van der Waals surface area contributed by atoms with E-state index in [9.17, 15) is 4.79 Å². The second-order valence-corrected chi connectivity index (χ2v) is 10.5. The first-order valence-corrected chi connectivity index (χ1v) is 10.4. The lowest BCUT2D eigenvalue weighted by Gasteiger charge is -2.33. The van der Waals surface area contributed by atoms with E-state index in [-0.39, 0.29) is 6.09 Å². The Morgan fingerprint density at radius 3 is 2.24 bits per heavy atom. The fourth-order valence-electron chi connectivity index (χ4n) is 1.94. The minimum atomic E-state index is -1.83. The molecule has 0 bridgehead atoms. The third-order valence-corrected chi connectivity index (χ3v) is 5.05. The molecular formula is C15H25NO4Si. The molecule has 1 aromatic rings. The van der Waals surface area contributed by atoms with E-state index in [1.165, 1.54) is 0 Å². The molecule has 0 N–H and O–H groups in total. The molecule has 118 valence electrons.